The van der Waals surface area contributed by atoms with Gasteiger partial charge in [-0.2, -0.15) is 0 Å². The standard InChI is InChI=1S/C29H41NO4.C12H17NO2/c1-25(2,3)26(4,32)20-15-27-10-11-29(20,33-5)24-28(27)12-13-30(16-17-6-7-17)21(27)14-18-8-9-19(31)23(34-24)22(18)28;1-9(14)13-10-5-7-11(8-6-10)15-12(2,3)4/h8-9,17,20-21,24,31-32H,6-7,10-16H2,1-5H3;5-8H,1-4H3,(H,13,14)/t20-,21-,24-,26+,27-,28+,29-;/m1./s1. The number of nitrogens with one attached hydrogen (secondary N) is 1. The summed E-state index contributed by atoms with van der Waals surface area (Å²) in [6, 6.07) is 11.8. The van der Waals surface area contributed by atoms with Gasteiger partial charge in [0.25, 0.3) is 0 Å². The van der Waals surface area contributed by atoms with Gasteiger partial charge in [-0.25, -0.2) is 0 Å². The van der Waals surface area contributed by atoms with Gasteiger partial charge in [0.15, 0.2) is 11.5 Å². The number of hydrogen-bond donors (Lipinski definition) is 3. The normalized spacial score (nSPS) is 33.8. The minimum absolute atomic E-state index is 0.0294. The molecule has 1 saturated heterocycles. The van der Waals surface area contributed by atoms with Crippen molar-refractivity contribution in [1.29, 1.82) is 0 Å². The van der Waals surface area contributed by atoms with E-state index < -0.39 is 11.2 Å². The Morgan fingerprint density at radius 1 is 1.02 bits per heavy atom. The molecule has 9 rings (SSSR count). The van der Waals surface area contributed by atoms with Gasteiger partial charge >= 0.3 is 0 Å². The molecular formula is C41H58N2O6. The van der Waals surface area contributed by atoms with Crippen LogP contribution in [0.4, 0.5) is 5.69 Å². The van der Waals surface area contributed by atoms with Gasteiger partial charge in [0.05, 0.1) is 5.60 Å². The molecule has 5 fully saturated rings. The minimum atomic E-state index is -0.909. The second kappa shape index (κ2) is 11.3. The summed E-state index contributed by atoms with van der Waals surface area (Å²) in [5.74, 6) is 2.53. The minimum Gasteiger partial charge on any atom is -0.504 e. The molecule has 8 heteroatoms. The van der Waals surface area contributed by atoms with Crippen molar-refractivity contribution in [3.63, 3.8) is 0 Å². The molecule has 8 nitrogen and oxygen atoms in total. The van der Waals surface area contributed by atoms with Crippen LogP contribution in [0.1, 0.15) is 105 Å². The van der Waals surface area contributed by atoms with E-state index in [4.69, 9.17) is 14.2 Å². The number of nitrogens with zero attached hydrogens (tertiary/aromatic N) is 1. The molecule has 0 aromatic heterocycles. The van der Waals surface area contributed by atoms with E-state index in [2.05, 4.69) is 37.1 Å². The molecular weight excluding hydrogens is 616 g/mol. The number of aromatic hydroxyl groups is 1. The summed E-state index contributed by atoms with van der Waals surface area (Å²) >= 11 is 0. The molecule has 7 aliphatic rings. The number of fused-ring (bicyclic) bond motifs is 2. The van der Waals surface area contributed by atoms with Gasteiger partial charge in [0, 0.05) is 54.6 Å². The lowest BCUT2D eigenvalue weighted by atomic mass is 9.33. The zero-order chi connectivity index (χ0) is 35.4. The maximum atomic E-state index is 12.2. The Kier molecular flexibility index (Phi) is 8.02. The highest BCUT2D eigenvalue weighted by Gasteiger charge is 2.82. The third kappa shape index (κ3) is 5.21. The number of phenolic OH excluding ortho intramolecular Hbond substituents is 1. The average molecular weight is 675 g/mol. The molecule has 0 unspecified atom stereocenters. The summed E-state index contributed by atoms with van der Waals surface area (Å²) in [5, 5.41) is 25.9. The zero-order valence-corrected chi connectivity index (χ0v) is 31.1. The van der Waals surface area contributed by atoms with Crippen molar-refractivity contribution in [1.82, 2.24) is 4.90 Å². The maximum Gasteiger partial charge on any atom is 0.221 e. The van der Waals surface area contributed by atoms with E-state index in [1.54, 1.807) is 0 Å². The second-order valence-corrected chi connectivity index (χ2v) is 18.2. The molecule has 4 saturated carbocycles. The number of ether oxygens (including phenoxy) is 3. The quantitative estimate of drug-likeness (QED) is 0.297. The van der Waals surface area contributed by atoms with Crippen molar-refractivity contribution in [2.24, 2.45) is 22.7 Å². The lowest BCUT2D eigenvalue weighted by Crippen LogP contribution is -2.83. The fraction of sp³-hybridized carbons (Fsp3) is 0.683. The van der Waals surface area contributed by atoms with E-state index in [1.165, 1.54) is 37.4 Å². The molecule has 2 aliphatic heterocycles. The van der Waals surface area contributed by atoms with Gasteiger partial charge in [-0.05, 0) is 126 Å². The summed E-state index contributed by atoms with van der Waals surface area (Å²) < 4.78 is 19.1. The fourth-order valence-corrected chi connectivity index (χ4v) is 10.7. The lowest BCUT2D eigenvalue weighted by molar-refractivity contribution is -0.312. The Bertz CT molecular complexity index is 1600. The molecule has 1 amide bonds. The first kappa shape index (κ1) is 34.6. The number of aliphatic hydroxyl groups is 1. The predicted molar refractivity (Wildman–Crippen MR) is 191 cm³/mol. The van der Waals surface area contributed by atoms with Crippen LogP contribution in [0.3, 0.4) is 0 Å². The second-order valence-electron chi connectivity index (χ2n) is 18.2. The highest BCUT2D eigenvalue weighted by Crippen LogP contribution is 2.78. The van der Waals surface area contributed by atoms with Crippen LogP contribution in [0, 0.1) is 22.7 Å². The molecule has 2 aromatic carbocycles. The number of likely N-dealkylation sites (tertiary alicyclic amines) is 1. The number of phenols is 1. The molecule has 2 aromatic rings. The number of carbonyl (C=O) groups is 1. The van der Waals surface area contributed by atoms with Gasteiger partial charge in [-0.15, -0.1) is 0 Å². The molecule has 0 radical (unpaired) electrons. The fourth-order valence-electron chi connectivity index (χ4n) is 10.7. The number of hydrogen-bond acceptors (Lipinski definition) is 7. The van der Waals surface area contributed by atoms with Gasteiger partial charge in [0.2, 0.25) is 5.91 Å². The van der Waals surface area contributed by atoms with Crippen molar-refractivity contribution < 1.29 is 29.2 Å². The van der Waals surface area contributed by atoms with E-state index >= 15 is 0 Å². The van der Waals surface area contributed by atoms with Crippen LogP contribution in [0.2, 0.25) is 0 Å². The number of benzene rings is 2. The lowest BCUT2D eigenvalue weighted by Gasteiger charge is -2.75. The number of carbonyl (C=O) groups excluding carboxylic acids is 1. The van der Waals surface area contributed by atoms with Gasteiger partial charge in [-0.1, -0.05) is 26.8 Å². The Balaban J connectivity index is 0.000000214. The van der Waals surface area contributed by atoms with Gasteiger partial charge in [0.1, 0.15) is 23.1 Å². The van der Waals surface area contributed by atoms with E-state index in [-0.39, 0.29) is 45.5 Å². The molecule has 2 heterocycles. The van der Waals surface area contributed by atoms with Gasteiger partial charge < -0.3 is 29.7 Å². The molecule has 7 atom stereocenters. The topological polar surface area (TPSA) is 100 Å². The highest BCUT2D eigenvalue weighted by molar-refractivity contribution is 5.88. The maximum absolute atomic E-state index is 12.2. The molecule has 49 heavy (non-hydrogen) atoms. The van der Waals surface area contributed by atoms with Crippen molar-refractivity contribution >= 4 is 11.6 Å². The molecule has 268 valence electrons. The van der Waals surface area contributed by atoms with E-state index in [9.17, 15) is 15.0 Å². The summed E-state index contributed by atoms with van der Waals surface area (Å²) in [4.78, 5) is 13.6. The number of rotatable bonds is 6. The van der Waals surface area contributed by atoms with Crippen LogP contribution in [0.15, 0.2) is 36.4 Å². The van der Waals surface area contributed by atoms with Crippen molar-refractivity contribution in [2.75, 3.05) is 25.5 Å². The average Bonchev–Trinajstić information content (AvgIpc) is 3.76. The first-order valence-electron chi connectivity index (χ1n) is 18.5. The zero-order valence-electron chi connectivity index (χ0n) is 31.1. The largest absolute Gasteiger partial charge is 0.504 e. The van der Waals surface area contributed by atoms with Crippen LogP contribution in [0.5, 0.6) is 17.2 Å². The van der Waals surface area contributed by atoms with Gasteiger partial charge in [-0.3, -0.25) is 9.69 Å². The van der Waals surface area contributed by atoms with Crippen LogP contribution in [-0.4, -0.2) is 70.2 Å². The summed E-state index contributed by atoms with van der Waals surface area (Å²) in [6.45, 7) is 18.3. The van der Waals surface area contributed by atoms with E-state index in [0.29, 0.717) is 11.8 Å². The number of anilines is 1. The first-order valence-corrected chi connectivity index (χ1v) is 18.5. The molecule has 4 bridgehead atoms. The Morgan fingerprint density at radius 2 is 1.71 bits per heavy atom. The van der Waals surface area contributed by atoms with E-state index in [0.717, 1.165) is 56.0 Å². The number of amides is 1. The molecule has 5 aliphatic carbocycles. The summed E-state index contributed by atoms with van der Waals surface area (Å²) in [5.41, 5.74) is 1.37. The van der Waals surface area contributed by atoms with E-state index in [1.807, 2.05) is 65.1 Å². The Labute approximate surface area is 292 Å². The third-order valence-electron chi connectivity index (χ3n) is 13.5. The van der Waals surface area contributed by atoms with Crippen molar-refractivity contribution in [2.45, 2.75) is 135 Å². The monoisotopic (exact) mass is 674 g/mol. The smallest absolute Gasteiger partial charge is 0.221 e. The SMILES string of the molecule is CC(=O)Nc1ccc(OC(C)(C)C)cc1.CO[C@]12CC[C@@]3(C[C@@H]1[C@](C)(O)C(C)(C)C)[C@H]1Cc4ccc(O)c5c4[C@@]3(CCN1CC1CC1)[C@H]2O5. The van der Waals surface area contributed by atoms with Crippen molar-refractivity contribution in [3.05, 3.63) is 47.5 Å². The number of methoxy groups -OCH3 is 1. The summed E-state index contributed by atoms with van der Waals surface area (Å²) in [6.07, 6.45) is 7.64. The van der Waals surface area contributed by atoms with Crippen LogP contribution in [-0.2, 0) is 21.4 Å². The summed E-state index contributed by atoms with van der Waals surface area (Å²) in [7, 11) is 1.83. The Hall–Kier alpha value is -2.81. The van der Waals surface area contributed by atoms with Crippen LogP contribution >= 0.6 is 0 Å². The Morgan fingerprint density at radius 3 is 2.31 bits per heavy atom. The first-order chi connectivity index (χ1) is 22.9. The highest BCUT2D eigenvalue weighted by atomic mass is 16.6. The molecule has 3 N–H and O–H groups in total. The predicted octanol–water partition coefficient (Wildman–Crippen LogP) is 7.24. The number of piperidine rings is 1. The molecule has 2 spiro atoms. The third-order valence-corrected chi connectivity index (χ3v) is 13.5. The van der Waals surface area contributed by atoms with Crippen molar-refractivity contribution in [3.8, 4) is 17.2 Å². The van der Waals surface area contributed by atoms with Crippen LogP contribution < -0.4 is 14.8 Å². The van der Waals surface area contributed by atoms with Crippen LogP contribution in [0.25, 0.3) is 0 Å².